The molecule has 3 aromatic rings. The van der Waals surface area contributed by atoms with Gasteiger partial charge in [-0.25, -0.2) is 4.98 Å². The van der Waals surface area contributed by atoms with Crippen molar-refractivity contribution < 1.29 is 9.53 Å². The lowest BCUT2D eigenvalue weighted by molar-refractivity contribution is -0.139. The summed E-state index contributed by atoms with van der Waals surface area (Å²) in [6.07, 6.45) is 0. The minimum Gasteiger partial charge on any atom is -0.477 e. The van der Waals surface area contributed by atoms with Crippen molar-refractivity contribution >= 4 is 33.0 Å². The van der Waals surface area contributed by atoms with Crippen LogP contribution in [0.5, 0.6) is 0 Å². The van der Waals surface area contributed by atoms with E-state index in [1.54, 1.807) is 16.2 Å². The number of ether oxygens (including phenoxy) is 1. The third-order valence-electron chi connectivity index (χ3n) is 4.78. The van der Waals surface area contributed by atoms with E-state index in [0.717, 1.165) is 20.8 Å². The number of nitrogens with zero attached hydrogens (tertiary/aromatic N) is 2. The second kappa shape index (κ2) is 6.25. The van der Waals surface area contributed by atoms with Crippen LogP contribution in [0.1, 0.15) is 31.3 Å². The molecule has 5 heteroatoms. The van der Waals surface area contributed by atoms with Gasteiger partial charge < -0.3 is 4.74 Å². The van der Waals surface area contributed by atoms with Crippen LogP contribution in [0.4, 0.5) is 0 Å². The number of aromatic nitrogens is 1. The largest absolute Gasteiger partial charge is 0.477 e. The highest BCUT2D eigenvalue weighted by atomic mass is 32.1. The first-order chi connectivity index (χ1) is 12.5. The first-order valence-electron chi connectivity index (χ1n) is 8.55. The standard InChI is InChI=1S/C21H20N2O2S/c1-14-18(15-9-5-4-6-10-15)19(24)23(13-25-14)21(2,3)20-22-16-11-7-8-12-17(16)26-20/h4-12H,13H2,1-3H3. The molecule has 0 fully saturated rings. The van der Waals surface area contributed by atoms with Gasteiger partial charge in [0.15, 0.2) is 6.73 Å². The summed E-state index contributed by atoms with van der Waals surface area (Å²) in [6.45, 7) is 6.12. The Bertz CT molecular complexity index is 972. The Morgan fingerprint density at radius 3 is 2.50 bits per heavy atom. The van der Waals surface area contributed by atoms with Crippen molar-refractivity contribution in [3.63, 3.8) is 0 Å². The monoisotopic (exact) mass is 364 g/mol. The highest BCUT2D eigenvalue weighted by Crippen LogP contribution is 2.38. The summed E-state index contributed by atoms with van der Waals surface area (Å²) in [5.41, 5.74) is 1.88. The maximum Gasteiger partial charge on any atom is 0.261 e. The first-order valence-corrected chi connectivity index (χ1v) is 9.37. The van der Waals surface area contributed by atoms with Gasteiger partial charge in [0.1, 0.15) is 10.8 Å². The number of amides is 1. The maximum absolute atomic E-state index is 13.3. The van der Waals surface area contributed by atoms with Crippen LogP contribution in [-0.2, 0) is 15.1 Å². The van der Waals surface area contributed by atoms with Crippen LogP contribution in [0.2, 0.25) is 0 Å². The molecule has 0 N–H and O–H groups in total. The topological polar surface area (TPSA) is 42.4 Å². The molecule has 0 saturated heterocycles. The summed E-state index contributed by atoms with van der Waals surface area (Å²) in [5, 5.41) is 0.905. The summed E-state index contributed by atoms with van der Waals surface area (Å²) >= 11 is 1.62. The Labute approximate surface area is 156 Å². The van der Waals surface area contributed by atoms with E-state index in [2.05, 4.69) is 6.07 Å². The van der Waals surface area contributed by atoms with Gasteiger partial charge in [-0.15, -0.1) is 11.3 Å². The van der Waals surface area contributed by atoms with Crippen molar-refractivity contribution in [1.29, 1.82) is 0 Å². The zero-order chi connectivity index (χ0) is 18.3. The molecule has 0 saturated carbocycles. The van der Waals surface area contributed by atoms with E-state index >= 15 is 0 Å². The van der Waals surface area contributed by atoms with Crippen molar-refractivity contribution in [3.8, 4) is 0 Å². The Kier molecular flexibility index (Phi) is 4.04. The van der Waals surface area contributed by atoms with Crippen LogP contribution < -0.4 is 0 Å². The minimum absolute atomic E-state index is 0.0239. The van der Waals surface area contributed by atoms with Crippen molar-refractivity contribution in [2.24, 2.45) is 0 Å². The zero-order valence-electron chi connectivity index (χ0n) is 15.0. The zero-order valence-corrected chi connectivity index (χ0v) is 15.8. The molecular weight excluding hydrogens is 344 g/mol. The first kappa shape index (κ1) is 16.8. The van der Waals surface area contributed by atoms with Crippen LogP contribution in [-0.4, -0.2) is 22.5 Å². The quantitative estimate of drug-likeness (QED) is 0.672. The summed E-state index contributed by atoms with van der Waals surface area (Å²) in [4.78, 5) is 19.9. The fourth-order valence-electron chi connectivity index (χ4n) is 3.17. The molecule has 2 aromatic carbocycles. The number of allylic oxidation sites excluding steroid dienone is 1. The van der Waals surface area contributed by atoms with E-state index in [0.29, 0.717) is 11.3 Å². The summed E-state index contributed by atoms with van der Waals surface area (Å²) in [5.74, 6) is 0.641. The van der Waals surface area contributed by atoms with E-state index < -0.39 is 5.54 Å². The van der Waals surface area contributed by atoms with Crippen molar-refractivity contribution in [2.75, 3.05) is 6.73 Å². The molecule has 0 bridgehead atoms. The molecule has 0 unspecified atom stereocenters. The number of hydrogen-bond donors (Lipinski definition) is 0. The van der Waals surface area contributed by atoms with Crippen LogP contribution in [0.25, 0.3) is 15.8 Å². The number of carbonyl (C=O) groups excluding carboxylic acids is 1. The van der Waals surface area contributed by atoms with E-state index in [-0.39, 0.29) is 12.6 Å². The van der Waals surface area contributed by atoms with Crippen molar-refractivity contribution in [1.82, 2.24) is 9.88 Å². The van der Waals surface area contributed by atoms with Crippen molar-refractivity contribution in [3.05, 3.63) is 70.9 Å². The lowest BCUT2D eigenvalue weighted by Crippen LogP contribution is -2.49. The van der Waals surface area contributed by atoms with E-state index in [1.165, 1.54) is 0 Å². The van der Waals surface area contributed by atoms with Gasteiger partial charge in [0.25, 0.3) is 5.91 Å². The molecule has 0 atom stereocenters. The Morgan fingerprint density at radius 1 is 1.08 bits per heavy atom. The average molecular weight is 364 g/mol. The molecule has 1 aliphatic heterocycles. The molecule has 4 rings (SSSR count). The van der Waals surface area contributed by atoms with Gasteiger partial charge in [0, 0.05) is 0 Å². The molecule has 0 spiro atoms. The number of rotatable bonds is 3. The second-order valence-corrected chi connectivity index (χ2v) is 7.88. The molecule has 1 aromatic heterocycles. The number of hydrogen-bond acceptors (Lipinski definition) is 4. The number of fused-ring (bicyclic) bond motifs is 1. The lowest BCUT2D eigenvalue weighted by atomic mass is 9.98. The number of thiazole rings is 1. The smallest absolute Gasteiger partial charge is 0.261 e. The molecule has 26 heavy (non-hydrogen) atoms. The highest BCUT2D eigenvalue weighted by molar-refractivity contribution is 7.18. The van der Waals surface area contributed by atoms with E-state index in [4.69, 9.17) is 9.72 Å². The van der Waals surface area contributed by atoms with E-state index in [1.807, 2.05) is 69.3 Å². The van der Waals surface area contributed by atoms with Crippen LogP contribution in [0, 0.1) is 0 Å². The minimum atomic E-state index is -0.568. The van der Waals surface area contributed by atoms with Crippen LogP contribution in [0.3, 0.4) is 0 Å². The lowest BCUT2D eigenvalue weighted by Gasteiger charge is -2.40. The molecular formula is C21H20N2O2S. The van der Waals surface area contributed by atoms with Gasteiger partial charge in [0.2, 0.25) is 0 Å². The Hall–Kier alpha value is -2.66. The third kappa shape index (κ3) is 2.69. The summed E-state index contributed by atoms with van der Waals surface area (Å²) < 4.78 is 6.99. The van der Waals surface area contributed by atoms with Gasteiger partial charge in [-0.05, 0) is 38.5 Å². The Balaban J connectivity index is 1.74. The molecule has 1 aliphatic rings. The maximum atomic E-state index is 13.3. The van der Waals surface area contributed by atoms with Crippen LogP contribution in [0.15, 0.2) is 60.4 Å². The van der Waals surface area contributed by atoms with Gasteiger partial charge in [-0.1, -0.05) is 42.5 Å². The number of benzene rings is 2. The fourth-order valence-corrected chi connectivity index (χ4v) is 4.25. The van der Waals surface area contributed by atoms with E-state index in [9.17, 15) is 4.79 Å². The molecule has 2 heterocycles. The summed E-state index contributed by atoms with van der Waals surface area (Å²) in [7, 11) is 0. The second-order valence-electron chi connectivity index (χ2n) is 6.85. The summed E-state index contributed by atoms with van der Waals surface area (Å²) in [6, 6.07) is 17.7. The van der Waals surface area contributed by atoms with Gasteiger partial charge in [0.05, 0.1) is 21.3 Å². The predicted molar refractivity (Wildman–Crippen MR) is 104 cm³/mol. The predicted octanol–water partition coefficient (Wildman–Crippen LogP) is 4.78. The van der Waals surface area contributed by atoms with Crippen molar-refractivity contribution in [2.45, 2.75) is 26.3 Å². The van der Waals surface area contributed by atoms with Gasteiger partial charge in [-0.3, -0.25) is 9.69 Å². The normalized spacial score (nSPS) is 15.5. The highest BCUT2D eigenvalue weighted by Gasteiger charge is 2.40. The molecule has 0 aliphatic carbocycles. The number of carbonyl (C=O) groups is 1. The van der Waals surface area contributed by atoms with Gasteiger partial charge in [-0.2, -0.15) is 0 Å². The fraction of sp³-hybridized carbons (Fsp3) is 0.238. The van der Waals surface area contributed by atoms with Crippen LogP contribution >= 0.6 is 11.3 Å². The third-order valence-corrected chi connectivity index (χ3v) is 6.13. The average Bonchev–Trinajstić information content (AvgIpc) is 3.07. The Morgan fingerprint density at radius 2 is 1.77 bits per heavy atom. The molecule has 4 nitrogen and oxygen atoms in total. The van der Waals surface area contributed by atoms with Gasteiger partial charge >= 0.3 is 0 Å². The molecule has 1 amide bonds. The molecule has 0 radical (unpaired) electrons. The number of para-hydroxylation sites is 1. The SMILES string of the molecule is CC1=C(c2ccccc2)C(=O)N(C(C)(C)c2nc3ccccc3s2)CO1. The molecule has 132 valence electrons.